The van der Waals surface area contributed by atoms with Crippen LogP contribution in [0.4, 0.5) is 5.69 Å². The molecule has 1 aliphatic heterocycles. The molecule has 0 atom stereocenters. The van der Waals surface area contributed by atoms with Crippen molar-refractivity contribution >= 4 is 17.5 Å². The quantitative estimate of drug-likeness (QED) is 0.843. The van der Waals surface area contributed by atoms with Crippen LogP contribution in [0.15, 0.2) is 42.5 Å². The van der Waals surface area contributed by atoms with Crippen LogP contribution in [0.3, 0.4) is 0 Å². The van der Waals surface area contributed by atoms with Gasteiger partial charge in [-0.05, 0) is 18.2 Å². The van der Waals surface area contributed by atoms with Crippen molar-refractivity contribution in [2.24, 2.45) is 0 Å². The number of benzene rings is 2. The van der Waals surface area contributed by atoms with Gasteiger partial charge >= 0.3 is 0 Å². The number of nitrogens with one attached hydrogen (secondary N) is 1. The van der Waals surface area contributed by atoms with Gasteiger partial charge in [-0.3, -0.25) is 14.5 Å². The largest absolute Gasteiger partial charge is 0.493 e. The van der Waals surface area contributed by atoms with Crippen molar-refractivity contribution in [2.75, 3.05) is 32.3 Å². The average molecular weight is 370 g/mol. The maximum Gasteiger partial charge on any atom is 0.240 e. The minimum Gasteiger partial charge on any atom is -0.493 e. The first kappa shape index (κ1) is 18.6. The van der Waals surface area contributed by atoms with Crippen LogP contribution in [0, 0.1) is 0 Å². The highest BCUT2D eigenvalue weighted by molar-refractivity contribution is 6.00. The van der Waals surface area contributed by atoms with Gasteiger partial charge < -0.3 is 19.5 Å². The summed E-state index contributed by atoms with van der Waals surface area (Å²) >= 11 is 0. The van der Waals surface area contributed by atoms with Crippen LogP contribution in [0.1, 0.15) is 12.0 Å². The number of anilines is 1. The number of nitrogens with zero attached hydrogens (tertiary/aromatic N) is 1. The van der Waals surface area contributed by atoms with Gasteiger partial charge in [0.2, 0.25) is 11.8 Å². The molecule has 0 saturated heterocycles. The molecule has 1 aliphatic rings. The molecule has 0 spiro atoms. The number of rotatable bonds is 6. The summed E-state index contributed by atoms with van der Waals surface area (Å²) < 4.78 is 16.2. The van der Waals surface area contributed by atoms with Crippen LogP contribution < -0.4 is 24.4 Å². The molecule has 7 heteroatoms. The first-order valence-corrected chi connectivity index (χ1v) is 8.62. The van der Waals surface area contributed by atoms with Gasteiger partial charge in [0.25, 0.3) is 0 Å². The van der Waals surface area contributed by atoms with Gasteiger partial charge in [0.05, 0.1) is 32.9 Å². The van der Waals surface area contributed by atoms with Crippen LogP contribution in [0.25, 0.3) is 0 Å². The van der Waals surface area contributed by atoms with Gasteiger partial charge in [-0.1, -0.05) is 24.3 Å². The molecule has 3 rings (SSSR count). The number of fused-ring (bicyclic) bond motifs is 1. The lowest BCUT2D eigenvalue weighted by Gasteiger charge is -2.21. The Morgan fingerprint density at radius 3 is 2.74 bits per heavy atom. The Balaban J connectivity index is 1.70. The van der Waals surface area contributed by atoms with E-state index in [1.54, 1.807) is 32.4 Å². The highest BCUT2D eigenvalue weighted by atomic mass is 16.5. The molecule has 0 bridgehead atoms. The number of para-hydroxylation sites is 3. The highest BCUT2D eigenvalue weighted by Crippen LogP contribution is 2.31. The third-order valence-electron chi connectivity index (χ3n) is 4.29. The fourth-order valence-corrected chi connectivity index (χ4v) is 2.98. The molecular weight excluding hydrogens is 348 g/mol. The maximum atomic E-state index is 12.5. The molecular formula is C20H22N2O5. The first-order chi connectivity index (χ1) is 13.1. The molecule has 2 amide bonds. The van der Waals surface area contributed by atoms with E-state index < -0.39 is 0 Å². The van der Waals surface area contributed by atoms with Crippen molar-refractivity contribution in [3.8, 4) is 17.2 Å². The lowest BCUT2D eigenvalue weighted by molar-refractivity contribution is -0.124. The Morgan fingerprint density at radius 2 is 1.96 bits per heavy atom. The van der Waals surface area contributed by atoms with Gasteiger partial charge in [0.15, 0.2) is 11.5 Å². The molecule has 27 heavy (non-hydrogen) atoms. The fourth-order valence-electron chi connectivity index (χ4n) is 2.98. The van der Waals surface area contributed by atoms with E-state index in [-0.39, 0.29) is 31.3 Å². The number of hydrogen-bond acceptors (Lipinski definition) is 5. The van der Waals surface area contributed by atoms with Gasteiger partial charge in [0.1, 0.15) is 12.3 Å². The van der Waals surface area contributed by atoms with Crippen LogP contribution in [-0.2, 0) is 16.1 Å². The predicted octanol–water partition coefficient (Wildman–Crippen LogP) is 2.14. The molecule has 0 unspecified atom stereocenters. The van der Waals surface area contributed by atoms with E-state index in [0.717, 1.165) is 5.56 Å². The molecule has 1 heterocycles. The van der Waals surface area contributed by atoms with Gasteiger partial charge in [-0.2, -0.15) is 0 Å². The van der Waals surface area contributed by atoms with Crippen LogP contribution in [0.2, 0.25) is 0 Å². The lowest BCUT2D eigenvalue weighted by atomic mass is 10.2. The summed E-state index contributed by atoms with van der Waals surface area (Å²) in [6.45, 7) is 0.486. The molecule has 2 aromatic carbocycles. The van der Waals surface area contributed by atoms with Crippen LogP contribution in [-0.4, -0.2) is 39.2 Å². The number of amides is 2. The predicted molar refractivity (Wildman–Crippen MR) is 100 cm³/mol. The van der Waals surface area contributed by atoms with Crippen molar-refractivity contribution in [1.82, 2.24) is 5.32 Å². The number of ether oxygens (including phenoxy) is 3. The molecule has 0 fully saturated rings. The van der Waals surface area contributed by atoms with Gasteiger partial charge in [-0.25, -0.2) is 0 Å². The summed E-state index contributed by atoms with van der Waals surface area (Å²) in [5.74, 6) is 1.35. The summed E-state index contributed by atoms with van der Waals surface area (Å²) in [5, 5.41) is 2.83. The van der Waals surface area contributed by atoms with Crippen molar-refractivity contribution in [1.29, 1.82) is 0 Å². The Morgan fingerprint density at radius 1 is 1.15 bits per heavy atom. The number of methoxy groups -OCH3 is 2. The highest BCUT2D eigenvalue weighted by Gasteiger charge is 2.25. The third kappa shape index (κ3) is 4.13. The van der Waals surface area contributed by atoms with Crippen molar-refractivity contribution in [2.45, 2.75) is 13.0 Å². The Hall–Kier alpha value is -3.22. The van der Waals surface area contributed by atoms with Gasteiger partial charge in [-0.15, -0.1) is 0 Å². The third-order valence-corrected chi connectivity index (χ3v) is 4.29. The van der Waals surface area contributed by atoms with Crippen molar-refractivity contribution < 1.29 is 23.8 Å². The van der Waals surface area contributed by atoms with E-state index in [4.69, 9.17) is 14.2 Å². The molecule has 142 valence electrons. The normalized spacial score (nSPS) is 13.3. The Kier molecular flexibility index (Phi) is 5.80. The summed E-state index contributed by atoms with van der Waals surface area (Å²) in [7, 11) is 3.11. The summed E-state index contributed by atoms with van der Waals surface area (Å²) in [5.41, 5.74) is 1.39. The summed E-state index contributed by atoms with van der Waals surface area (Å²) in [4.78, 5) is 26.3. The summed E-state index contributed by atoms with van der Waals surface area (Å²) in [6.07, 6.45) is 0.228. The lowest BCUT2D eigenvalue weighted by Crippen LogP contribution is -2.40. The molecule has 2 aromatic rings. The fraction of sp³-hybridized carbons (Fsp3) is 0.300. The maximum absolute atomic E-state index is 12.5. The molecule has 0 aliphatic carbocycles. The smallest absolute Gasteiger partial charge is 0.240 e. The zero-order valence-electron chi connectivity index (χ0n) is 15.4. The van der Waals surface area contributed by atoms with Crippen LogP contribution >= 0.6 is 0 Å². The van der Waals surface area contributed by atoms with E-state index >= 15 is 0 Å². The Bertz CT molecular complexity index is 837. The minimum atomic E-state index is -0.273. The Labute approximate surface area is 157 Å². The number of hydrogen-bond donors (Lipinski definition) is 1. The van der Waals surface area contributed by atoms with E-state index in [0.29, 0.717) is 29.5 Å². The second-order valence-electron chi connectivity index (χ2n) is 5.98. The standard InChI is InChI=1S/C20H22N2O5/c1-25-17-9-5-6-14(20(17)26-2)12-21-18(23)13-22-15-7-3-4-8-16(15)27-11-10-19(22)24/h3-9H,10-13H2,1-2H3,(H,21,23). The topological polar surface area (TPSA) is 77.1 Å². The van der Waals surface area contributed by atoms with Gasteiger partial charge in [0, 0.05) is 12.1 Å². The number of carbonyl (C=O) groups excluding carboxylic acids is 2. The molecule has 7 nitrogen and oxygen atoms in total. The molecule has 0 radical (unpaired) electrons. The first-order valence-electron chi connectivity index (χ1n) is 8.62. The average Bonchev–Trinajstić information content (AvgIpc) is 2.85. The SMILES string of the molecule is COc1cccc(CNC(=O)CN2C(=O)CCOc3ccccc32)c1OC. The summed E-state index contributed by atoms with van der Waals surface area (Å²) in [6, 6.07) is 12.7. The van der Waals surface area contributed by atoms with E-state index in [9.17, 15) is 9.59 Å². The zero-order valence-corrected chi connectivity index (χ0v) is 15.4. The second kappa shape index (κ2) is 8.44. The van der Waals surface area contributed by atoms with Crippen LogP contribution in [0.5, 0.6) is 17.2 Å². The van der Waals surface area contributed by atoms with E-state index in [1.807, 2.05) is 24.3 Å². The van der Waals surface area contributed by atoms with Crippen molar-refractivity contribution in [3.63, 3.8) is 0 Å². The zero-order chi connectivity index (χ0) is 19.2. The minimum absolute atomic E-state index is 0.0779. The molecule has 0 aromatic heterocycles. The number of carbonyl (C=O) groups is 2. The molecule has 0 saturated carbocycles. The van der Waals surface area contributed by atoms with E-state index in [2.05, 4.69) is 5.32 Å². The monoisotopic (exact) mass is 370 g/mol. The van der Waals surface area contributed by atoms with Crippen molar-refractivity contribution in [3.05, 3.63) is 48.0 Å². The van der Waals surface area contributed by atoms with E-state index in [1.165, 1.54) is 4.90 Å². The molecule has 1 N–H and O–H groups in total. The second-order valence-corrected chi connectivity index (χ2v) is 5.98.